The molecule has 2 fully saturated rings. The van der Waals surface area contributed by atoms with Crippen molar-refractivity contribution in [3.05, 3.63) is 98.9 Å². The lowest BCUT2D eigenvalue weighted by molar-refractivity contribution is -0.123. The van der Waals surface area contributed by atoms with Crippen molar-refractivity contribution in [2.75, 3.05) is 0 Å². The van der Waals surface area contributed by atoms with Gasteiger partial charge in [0.15, 0.2) is 5.17 Å². The molecule has 0 spiro atoms. The van der Waals surface area contributed by atoms with E-state index in [0.29, 0.717) is 21.6 Å². The lowest BCUT2D eigenvalue weighted by Gasteiger charge is -2.22. The summed E-state index contributed by atoms with van der Waals surface area (Å²) in [7, 11) is 0. The van der Waals surface area contributed by atoms with Crippen LogP contribution in [0.1, 0.15) is 36.8 Å². The van der Waals surface area contributed by atoms with Gasteiger partial charge < -0.3 is 4.74 Å². The van der Waals surface area contributed by atoms with Crippen molar-refractivity contribution in [2.24, 2.45) is 4.99 Å². The second-order valence-corrected chi connectivity index (χ2v) is 10.4. The zero-order valence-electron chi connectivity index (χ0n) is 19.0. The van der Waals surface area contributed by atoms with Crippen molar-refractivity contribution >= 4 is 57.8 Å². The average molecular weight is 523 g/mol. The van der Waals surface area contributed by atoms with Gasteiger partial charge in [-0.3, -0.25) is 9.69 Å². The molecule has 35 heavy (non-hydrogen) atoms. The van der Waals surface area contributed by atoms with Crippen LogP contribution in [0, 0.1) is 0 Å². The van der Waals surface area contributed by atoms with Crippen molar-refractivity contribution in [3.8, 4) is 5.75 Å². The second kappa shape index (κ2) is 10.9. The largest absolute Gasteiger partial charge is 0.489 e. The third kappa shape index (κ3) is 5.75. The van der Waals surface area contributed by atoms with Crippen molar-refractivity contribution in [1.82, 2.24) is 4.90 Å². The minimum Gasteiger partial charge on any atom is -0.489 e. The Morgan fingerprint density at radius 3 is 2.43 bits per heavy atom. The van der Waals surface area contributed by atoms with E-state index in [1.165, 1.54) is 11.8 Å². The highest BCUT2D eigenvalue weighted by Gasteiger charge is 2.39. The summed E-state index contributed by atoms with van der Waals surface area (Å²) in [6.45, 7) is 0.390. The summed E-state index contributed by atoms with van der Waals surface area (Å²) in [6, 6.07) is 23.2. The van der Waals surface area contributed by atoms with E-state index in [9.17, 15) is 4.79 Å². The van der Waals surface area contributed by atoms with E-state index >= 15 is 0 Å². The van der Waals surface area contributed by atoms with Gasteiger partial charge >= 0.3 is 0 Å². The number of hydrogen-bond donors (Lipinski definition) is 0. The molecule has 0 atom stereocenters. The molecule has 1 heterocycles. The fourth-order valence-electron chi connectivity index (χ4n) is 4.27. The number of carbonyl (C=O) groups excluding carboxylic acids is 1. The number of para-hydroxylation sites is 1. The monoisotopic (exact) mass is 522 g/mol. The Labute approximate surface area is 219 Å². The van der Waals surface area contributed by atoms with Crippen LogP contribution in [-0.4, -0.2) is 22.0 Å². The predicted molar refractivity (Wildman–Crippen MR) is 145 cm³/mol. The Hall–Kier alpha value is -2.73. The molecule has 0 N–H and O–H groups in total. The maximum atomic E-state index is 13.4. The maximum Gasteiger partial charge on any atom is 0.267 e. The molecule has 1 amide bonds. The molecule has 1 aliphatic carbocycles. The molecule has 4 nitrogen and oxygen atoms in total. The van der Waals surface area contributed by atoms with Crippen molar-refractivity contribution in [2.45, 2.75) is 38.3 Å². The van der Waals surface area contributed by atoms with Gasteiger partial charge in [0, 0.05) is 6.04 Å². The van der Waals surface area contributed by atoms with Crippen LogP contribution >= 0.6 is 35.0 Å². The topological polar surface area (TPSA) is 41.9 Å². The van der Waals surface area contributed by atoms with Crippen LogP contribution in [0.2, 0.25) is 10.0 Å². The average Bonchev–Trinajstić information content (AvgIpc) is 3.49. The number of halogens is 2. The molecule has 2 aliphatic rings. The molecule has 3 aromatic carbocycles. The number of nitrogens with zero attached hydrogens (tertiary/aromatic N) is 2. The molecule has 0 bridgehead atoms. The van der Waals surface area contributed by atoms with Crippen LogP contribution in [-0.2, 0) is 11.4 Å². The molecule has 1 aliphatic heterocycles. The van der Waals surface area contributed by atoms with Crippen LogP contribution in [0.5, 0.6) is 5.75 Å². The van der Waals surface area contributed by atoms with Crippen LogP contribution in [0.25, 0.3) is 6.08 Å². The Balaban J connectivity index is 1.32. The highest BCUT2D eigenvalue weighted by Crippen LogP contribution is 2.39. The van der Waals surface area contributed by atoms with Gasteiger partial charge in [-0.1, -0.05) is 72.4 Å². The van der Waals surface area contributed by atoms with E-state index in [2.05, 4.69) is 0 Å². The predicted octanol–water partition coefficient (Wildman–Crippen LogP) is 8.12. The number of thioether (sulfide) groups is 1. The first-order valence-electron chi connectivity index (χ1n) is 11.6. The highest BCUT2D eigenvalue weighted by molar-refractivity contribution is 8.18. The number of hydrogen-bond acceptors (Lipinski definition) is 4. The lowest BCUT2D eigenvalue weighted by Crippen LogP contribution is -2.37. The van der Waals surface area contributed by atoms with Gasteiger partial charge in [-0.05, 0) is 78.2 Å². The number of carbonyl (C=O) groups is 1. The molecule has 1 saturated heterocycles. The normalized spacial score (nSPS) is 18.7. The molecule has 1 saturated carbocycles. The number of rotatable bonds is 6. The van der Waals surface area contributed by atoms with E-state index in [1.807, 2.05) is 71.6 Å². The van der Waals surface area contributed by atoms with E-state index in [1.54, 1.807) is 12.1 Å². The number of amides is 1. The van der Waals surface area contributed by atoms with Crippen LogP contribution in [0.4, 0.5) is 5.69 Å². The van der Waals surface area contributed by atoms with Crippen LogP contribution in [0.15, 0.2) is 82.7 Å². The van der Waals surface area contributed by atoms with E-state index in [0.717, 1.165) is 53.4 Å². The third-order valence-corrected chi connectivity index (χ3v) is 7.80. The Kier molecular flexibility index (Phi) is 7.47. The van der Waals surface area contributed by atoms with Gasteiger partial charge in [-0.2, -0.15) is 0 Å². The molecule has 7 heteroatoms. The van der Waals surface area contributed by atoms with Gasteiger partial charge in [0.25, 0.3) is 5.91 Å². The smallest absolute Gasteiger partial charge is 0.267 e. The number of amidine groups is 1. The minimum absolute atomic E-state index is 0.0384. The number of ether oxygens (including phenoxy) is 1. The fourth-order valence-corrected chi connectivity index (χ4v) is 5.65. The first-order valence-corrected chi connectivity index (χ1v) is 13.2. The molecule has 0 radical (unpaired) electrons. The maximum absolute atomic E-state index is 13.4. The lowest BCUT2D eigenvalue weighted by atomic mass is 10.2. The van der Waals surface area contributed by atoms with E-state index < -0.39 is 0 Å². The fraction of sp³-hybridized carbons (Fsp3) is 0.214. The van der Waals surface area contributed by atoms with Gasteiger partial charge in [0.2, 0.25) is 0 Å². The Bertz CT molecular complexity index is 1270. The first-order chi connectivity index (χ1) is 17.1. The summed E-state index contributed by atoms with van der Waals surface area (Å²) >= 11 is 13.5. The quantitative estimate of drug-likeness (QED) is 0.307. The van der Waals surface area contributed by atoms with Gasteiger partial charge in [-0.25, -0.2) is 4.99 Å². The van der Waals surface area contributed by atoms with Crippen LogP contribution in [0.3, 0.4) is 0 Å². The van der Waals surface area contributed by atoms with Crippen molar-refractivity contribution in [1.29, 1.82) is 0 Å². The Morgan fingerprint density at radius 1 is 0.971 bits per heavy atom. The summed E-state index contributed by atoms with van der Waals surface area (Å²) in [6.07, 6.45) is 6.29. The van der Waals surface area contributed by atoms with Gasteiger partial charge in [0.1, 0.15) is 12.4 Å². The second-order valence-electron chi connectivity index (χ2n) is 8.56. The van der Waals surface area contributed by atoms with Gasteiger partial charge in [0.05, 0.1) is 20.6 Å². The number of aliphatic imine (C=N–C) groups is 1. The van der Waals surface area contributed by atoms with Crippen molar-refractivity contribution < 1.29 is 9.53 Å². The summed E-state index contributed by atoms with van der Waals surface area (Å²) in [4.78, 5) is 20.8. The molecule has 0 aromatic heterocycles. The summed E-state index contributed by atoms with van der Waals surface area (Å²) in [5.41, 5.74) is 2.74. The molecule has 0 unspecified atom stereocenters. The SMILES string of the molecule is O=C1C(=Cc2ccc(OCc3ccc(Cl)c(Cl)c3)cc2)SC(=Nc2ccccc2)N1C1CCCC1. The molecular weight excluding hydrogens is 499 g/mol. The first kappa shape index (κ1) is 24.0. The summed E-state index contributed by atoms with van der Waals surface area (Å²) < 4.78 is 5.88. The highest BCUT2D eigenvalue weighted by atomic mass is 35.5. The van der Waals surface area contributed by atoms with Crippen molar-refractivity contribution in [3.63, 3.8) is 0 Å². The minimum atomic E-state index is 0.0384. The van der Waals surface area contributed by atoms with Crippen LogP contribution < -0.4 is 4.74 Å². The zero-order valence-corrected chi connectivity index (χ0v) is 21.3. The molecule has 3 aromatic rings. The number of benzene rings is 3. The van der Waals surface area contributed by atoms with Gasteiger partial charge in [-0.15, -0.1) is 0 Å². The standard InChI is InChI=1S/C28H24Cl2N2O2S/c29-24-15-12-20(16-25(24)30)18-34-23-13-10-19(11-14-23)17-26-27(33)32(22-8-4-5-9-22)28(35-26)31-21-6-2-1-3-7-21/h1-3,6-7,10-17,22H,4-5,8-9,18H2. The molecular formula is C28H24Cl2N2O2S. The van der Waals surface area contributed by atoms with E-state index in [-0.39, 0.29) is 11.9 Å². The third-order valence-electron chi connectivity index (χ3n) is 6.08. The Morgan fingerprint density at radius 2 is 1.71 bits per heavy atom. The van der Waals surface area contributed by atoms with E-state index in [4.69, 9.17) is 32.9 Å². The zero-order chi connectivity index (χ0) is 24.2. The molecule has 5 rings (SSSR count). The summed E-state index contributed by atoms with van der Waals surface area (Å²) in [5.74, 6) is 0.777. The molecule has 178 valence electrons. The summed E-state index contributed by atoms with van der Waals surface area (Å²) in [5, 5.41) is 1.80.